The van der Waals surface area contributed by atoms with Crippen molar-refractivity contribution in [3.8, 4) is 10.7 Å². The zero-order valence-corrected chi connectivity index (χ0v) is 19.7. The van der Waals surface area contributed by atoms with Crippen LogP contribution in [0.3, 0.4) is 0 Å². The maximum Gasteiger partial charge on any atom is 0.240 e. The zero-order chi connectivity index (χ0) is 21.8. The molecule has 5 rings (SSSR count). The lowest BCUT2D eigenvalue weighted by Crippen LogP contribution is -2.38. The number of carbonyl (C=O) groups excluding carboxylic acids is 1. The Kier molecular flexibility index (Phi) is 6.90. The second-order valence-corrected chi connectivity index (χ2v) is 10.3. The highest BCUT2D eigenvalue weighted by Crippen LogP contribution is 2.38. The first-order valence-electron chi connectivity index (χ1n) is 11.4. The minimum absolute atomic E-state index is 0.164. The molecular weight excluding hydrogens is 440 g/mol. The monoisotopic (exact) mass is 468 g/mol. The average Bonchev–Trinajstić information content (AvgIpc) is 3.62. The van der Waals surface area contributed by atoms with Gasteiger partial charge in [0.1, 0.15) is 5.25 Å². The summed E-state index contributed by atoms with van der Waals surface area (Å²) in [5, 5.41) is 11.6. The van der Waals surface area contributed by atoms with Crippen LogP contribution in [-0.4, -0.2) is 51.4 Å². The molecule has 2 atom stereocenters. The van der Waals surface area contributed by atoms with E-state index < -0.39 is 0 Å². The van der Waals surface area contributed by atoms with Crippen molar-refractivity contribution in [2.75, 3.05) is 19.7 Å². The molecule has 0 spiro atoms. The third-order valence-corrected chi connectivity index (χ3v) is 8.17. The number of thioether (sulfide) groups is 1. The van der Waals surface area contributed by atoms with E-state index in [9.17, 15) is 4.79 Å². The normalized spacial score (nSPS) is 19.9. The Labute approximate surface area is 197 Å². The van der Waals surface area contributed by atoms with Gasteiger partial charge in [0.2, 0.25) is 5.91 Å². The molecule has 1 aromatic carbocycles. The summed E-state index contributed by atoms with van der Waals surface area (Å²) < 4.78 is 8.09. The quantitative estimate of drug-likeness (QED) is 0.455. The summed E-state index contributed by atoms with van der Waals surface area (Å²) in [6.45, 7) is 3.20. The van der Waals surface area contributed by atoms with Crippen LogP contribution < -0.4 is 0 Å². The number of hydrogen-bond acceptors (Lipinski definition) is 6. The van der Waals surface area contributed by atoms with Gasteiger partial charge in [-0.3, -0.25) is 9.36 Å². The van der Waals surface area contributed by atoms with Crippen LogP contribution in [0.5, 0.6) is 0 Å². The van der Waals surface area contributed by atoms with Crippen molar-refractivity contribution in [1.29, 1.82) is 0 Å². The van der Waals surface area contributed by atoms with Crippen molar-refractivity contribution in [2.45, 2.75) is 55.2 Å². The zero-order valence-electron chi connectivity index (χ0n) is 18.1. The molecule has 2 aromatic heterocycles. The summed E-state index contributed by atoms with van der Waals surface area (Å²) >= 11 is 3.18. The largest absolute Gasteiger partial charge is 0.376 e. The molecule has 1 amide bonds. The molecule has 0 saturated carbocycles. The number of likely N-dealkylation sites (tertiary alicyclic amines) is 1. The van der Waals surface area contributed by atoms with Crippen molar-refractivity contribution in [3.63, 3.8) is 0 Å². The number of hydrogen-bond donors (Lipinski definition) is 0. The van der Waals surface area contributed by atoms with Crippen molar-refractivity contribution >= 4 is 29.0 Å². The first-order valence-corrected chi connectivity index (χ1v) is 13.1. The van der Waals surface area contributed by atoms with E-state index in [1.54, 1.807) is 11.3 Å². The Morgan fingerprint density at radius 3 is 2.66 bits per heavy atom. The molecule has 0 bridgehead atoms. The van der Waals surface area contributed by atoms with E-state index in [4.69, 9.17) is 4.74 Å². The van der Waals surface area contributed by atoms with Crippen LogP contribution in [0.25, 0.3) is 10.7 Å². The van der Waals surface area contributed by atoms with Crippen LogP contribution in [0.1, 0.15) is 42.9 Å². The lowest BCUT2D eigenvalue weighted by atomic mass is 10.1. The highest BCUT2D eigenvalue weighted by Gasteiger charge is 2.31. The van der Waals surface area contributed by atoms with Crippen LogP contribution in [0, 0.1) is 0 Å². The first-order chi connectivity index (χ1) is 15.8. The number of aromatic nitrogens is 3. The van der Waals surface area contributed by atoms with Crippen molar-refractivity contribution in [3.05, 3.63) is 53.4 Å². The fourth-order valence-electron chi connectivity index (χ4n) is 4.39. The molecular formula is C24H28N4O2S2. The van der Waals surface area contributed by atoms with Gasteiger partial charge < -0.3 is 9.64 Å². The van der Waals surface area contributed by atoms with Crippen molar-refractivity contribution < 1.29 is 9.53 Å². The summed E-state index contributed by atoms with van der Waals surface area (Å²) in [5.74, 6) is 1.03. The Bertz CT molecular complexity index is 1010. The van der Waals surface area contributed by atoms with Gasteiger partial charge in [0.05, 0.1) is 17.5 Å². The van der Waals surface area contributed by atoms with Crippen LogP contribution in [0.15, 0.2) is 53.0 Å². The highest BCUT2D eigenvalue weighted by atomic mass is 32.2. The van der Waals surface area contributed by atoms with Gasteiger partial charge in [-0.2, -0.15) is 0 Å². The van der Waals surface area contributed by atoms with Crippen molar-refractivity contribution in [2.24, 2.45) is 0 Å². The standard InChI is InChI=1S/C24H28N4O2S2/c29-23(27-13-5-2-6-14-27)21(18-9-3-1-4-10-18)32-24-26-25-22(20-12-8-16-31-20)28(24)17-19-11-7-15-30-19/h1,3-4,8-10,12,16,19,21H,2,5-7,11,13-15,17H2. The summed E-state index contributed by atoms with van der Waals surface area (Å²) in [5.41, 5.74) is 1.01. The number of ether oxygens (including phenoxy) is 1. The van der Waals surface area contributed by atoms with E-state index in [0.717, 1.165) is 66.8 Å². The van der Waals surface area contributed by atoms with Gasteiger partial charge in [0, 0.05) is 19.7 Å². The topological polar surface area (TPSA) is 60.3 Å². The summed E-state index contributed by atoms with van der Waals surface area (Å²) in [7, 11) is 0. The van der Waals surface area contributed by atoms with E-state index >= 15 is 0 Å². The molecule has 8 heteroatoms. The number of rotatable bonds is 7. The second kappa shape index (κ2) is 10.2. The predicted molar refractivity (Wildman–Crippen MR) is 128 cm³/mol. The first kappa shape index (κ1) is 21.7. The van der Waals surface area contributed by atoms with Gasteiger partial charge in [-0.05, 0) is 49.1 Å². The molecule has 0 radical (unpaired) electrons. The molecule has 2 saturated heterocycles. The minimum Gasteiger partial charge on any atom is -0.376 e. The van der Waals surface area contributed by atoms with Crippen LogP contribution in [0.2, 0.25) is 0 Å². The second-order valence-electron chi connectivity index (χ2n) is 8.32. The summed E-state index contributed by atoms with van der Waals surface area (Å²) in [4.78, 5) is 16.7. The van der Waals surface area contributed by atoms with Gasteiger partial charge in [-0.1, -0.05) is 48.2 Å². The number of carbonyl (C=O) groups is 1. The number of benzene rings is 1. The van der Waals surface area contributed by atoms with Crippen LogP contribution in [0.4, 0.5) is 0 Å². The van der Waals surface area contributed by atoms with E-state index in [-0.39, 0.29) is 17.3 Å². The highest BCUT2D eigenvalue weighted by molar-refractivity contribution is 8.00. The van der Waals surface area contributed by atoms with E-state index in [1.807, 2.05) is 41.3 Å². The molecule has 4 heterocycles. The number of amides is 1. The molecule has 0 aliphatic carbocycles. The maximum atomic E-state index is 13.6. The summed E-state index contributed by atoms with van der Waals surface area (Å²) in [6.07, 6.45) is 5.65. The molecule has 0 N–H and O–H groups in total. The lowest BCUT2D eigenvalue weighted by Gasteiger charge is -2.30. The molecule has 6 nitrogen and oxygen atoms in total. The fraction of sp³-hybridized carbons (Fsp3) is 0.458. The SMILES string of the molecule is O=C(C(Sc1nnc(-c2cccs2)n1CC1CCCO1)c1ccccc1)N1CCCCC1. The smallest absolute Gasteiger partial charge is 0.240 e. The number of nitrogens with zero attached hydrogens (tertiary/aromatic N) is 4. The van der Waals surface area contributed by atoms with E-state index in [0.29, 0.717) is 6.54 Å². The molecule has 2 unspecified atom stereocenters. The summed E-state index contributed by atoms with van der Waals surface area (Å²) in [6, 6.07) is 14.2. The molecule has 2 fully saturated rings. The Hall–Kier alpha value is -2.16. The molecule has 3 aromatic rings. The van der Waals surface area contributed by atoms with E-state index in [1.165, 1.54) is 18.2 Å². The molecule has 32 heavy (non-hydrogen) atoms. The predicted octanol–water partition coefficient (Wildman–Crippen LogP) is 5.03. The van der Waals surface area contributed by atoms with Gasteiger partial charge in [-0.15, -0.1) is 21.5 Å². The number of thiophene rings is 1. The molecule has 2 aliphatic heterocycles. The maximum absolute atomic E-state index is 13.6. The van der Waals surface area contributed by atoms with Gasteiger partial charge >= 0.3 is 0 Å². The van der Waals surface area contributed by atoms with Gasteiger partial charge in [0.25, 0.3) is 0 Å². The van der Waals surface area contributed by atoms with Gasteiger partial charge in [-0.25, -0.2) is 0 Å². The van der Waals surface area contributed by atoms with E-state index in [2.05, 4.69) is 26.2 Å². The fourth-order valence-corrected chi connectivity index (χ4v) is 6.24. The Balaban J connectivity index is 1.48. The molecule has 168 valence electrons. The number of piperidine rings is 1. The third kappa shape index (κ3) is 4.77. The third-order valence-electron chi connectivity index (χ3n) is 6.09. The minimum atomic E-state index is -0.335. The average molecular weight is 469 g/mol. The Morgan fingerprint density at radius 1 is 1.09 bits per heavy atom. The van der Waals surface area contributed by atoms with Crippen molar-refractivity contribution in [1.82, 2.24) is 19.7 Å². The Morgan fingerprint density at radius 2 is 1.94 bits per heavy atom. The van der Waals surface area contributed by atoms with Crippen LogP contribution in [-0.2, 0) is 16.1 Å². The van der Waals surface area contributed by atoms with Crippen LogP contribution >= 0.6 is 23.1 Å². The molecule has 2 aliphatic rings. The van der Waals surface area contributed by atoms with Gasteiger partial charge in [0.15, 0.2) is 11.0 Å². The lowest BCUT2D eigenvalue weighted by molar-refractivity contribution is -0.131.